The molecule has 1 unspecified atom stereocenters. The summed E-state index contributed by atoms with van der Waals surface area (Å²) in [6.45, 7) is 7.48. The maximum Gasteiger partial charge on any atom is 0.163 e. The lowest BCUT2D eigenvalue weighted by molar-refractivity contribution is 0.149. The number of ether oxygens (including phenoxy) is 1. The second-order valence-corrected chi connectivity index (χ2v) is 5.65. The first-order chi connectivity index (χ1) is 8.87. The second-order valence-electron chi connectivity index (χ2n) is 5.65. The number of methoxy groups -OCH3 is 1. The minimum Gasteiger partial charge on any atom is -0.385 e. The summed E-state index contributed by atoms with van der Waals surface area (Å²) in [6.07, 6.45) is 0.912. The summed E-state index contributed by atoms with van der Waals surface area (Å²) >= 11 is 0. The zero-order valence-corrected chi connectivity index (χ0v) is 12.1. The van der Waals surface area contributed by atoms with Gasteiger partial charge in [0, 0.05) is 31.9 Å². The van der Waals surface area contributed by atoms with Gasteiger partial charge >= 0.3 is 0 Å². The van der Waals surface area contributed by atoms with E-state index < -0.39 is 11.6 Å². The molecule has 0 radical (unpaired) electrons. The van der Waals surface area contributed by atoms with E-state index in [1.54, 1.807) is 13.2 Å². The highest BCUT2D eigenvalue weighted by Gasteiger charge is 2.20. The molecule has 1 atom stereocenters. The minimum absolute atomic E-state index is 0.0497. The van der Waals surface area contributed by atoms with Gasteiger partial charge in [0.15, 0.2) is 11.6 Å². The first-order valence-corrected chi connectivity index (χ1v) is 6.53. The van der Waals surface area contributed by atoms with Crippen LogP contribution in [0.2, 0.25) is 0 Å². The summed E-state index contributed by atoms with van der Waals surface area (Å²) in [4.78, 5) is 0. The predicted octanol–water partition coefficient (Wildman–Crippen LogP) is 3.68. The zero-order valence-electron chi connectivity index (χ0n) is 12.1. The average molecular weight is 271 g/mol. The normalized spacial score (nSPS) is 13.6. The first-order valence-electron chi connectivity index (χ1n) is 6.53. The van der Waals surface area contributed by atoms with Gasteiger partial charge in [0.05, 0.1) is 0 Å². The summed E-state index contributed by atoms with van der Waals surface area (Å²) in [7, 11) is 1.67. The molecule has 0 aliphatic heterocycles. The maximum atomic E-state index is 13.6. The van der Waals surface area contributed by atoms with Crippen LogP contribution in [0, 0.1) is 17.0 Å². The average Bonchev–Trinajstić information content (AvgIpc) is 2.37. The van der Waals surface area contributed by atoms with E-state index in [4.69, 9.17) is 4.74 Å². The van der Waals surface area contributed by atoms with E-state index in [1.165, 1.54) is 6.07 Å². The van der Waals surface area contributed by atoms with E-state index in [2.05, 4.69) is 19.2 Å². The zero-order chi connectivity index (χ0) is 14.5. The van der Waals surface area contributed by atoms with Crippen molar-refractivity contribution in [2.45, 2.75) is 33.2 Å². The van der Waals surface area contributed by atoms with Gasteiger partial charge in [-0.3, -0.25) is 0 Å². The van der Waals surface area contributed by atoms with Gasteiger partial charge in [0.25, 0.3) is 0 Å². The van der Waals surface area contributed by atoms with E-state index in [-0.39, 0.29) is 11.5 Å². The van der Waals surface area contributed by atoms with Crippen molar-refractivity contribution in [2.75, 3.05) is 20.3 Å². The highest BCUT2D eigenvalue weighted by Crippen LogP contribution is 2.23. The molecule has 1 aromatic carbocycles. The van der Waals surface area contributed by atoms with Crippen LogP contribution >= 0.6 is 0 Å². The molecule has 4 heteroatoms. The molecule has 0 heterocycles. The molecule has 1 N–H and O–H groups in total. The topological polar surface area (TPSA) is 21.3 Å². The van der Waals surface area contributed by atoms with Crippen LogP contribution in [0.4, 0.5) is 8.78 Å². The van der Waals surface area contributed by atoms with Gasteiger partial charge in [-0.25, -0.2) is 8.78 Å². The van der Waals surface area contributed by atoms with Crippen molar-refractivity contribution >= 4 is 0 Å². The predicted molar refractivity (Wildman–Crippen MR) is 73.0 cm³/mol. The van der Waals surface area contributed by atoms with Crippen LogP contribution in [-0.4, -0.2) is 20.3 Å². The van der Waals surface area contributed by atoms with Crippen molar-refractivity contribution in [1.29, 1.82) is 0 Å². The molecule has 19 heavy (non-hydrogen) atoms. The Kier molecular flexibility index (Phi) is 5.88. The Labute approximate surface area is 114 Å². The van der Waals surface area contributed by atoms with Crippen molar-refractivity contribution in [3.8, 4) is 0 Å². The number of nitrogens with one attached hydrogen (secondary N) is 1. The summed E-state index contributed by atoms with van der Waals surface area (Å²) in [5.74, 6) is -1.57. The first kappa shape index (κ1) is 16.1. The third-order valence-corrected chi connectivity index (χ3v) is 3.32. The number of hydrogen-bond donors (Lipinski definition) is 1. The molecule has 1 rings (SSSR count). The third-order valence-electron chi connectivity index (χ3n) is 3.32. The van der Waals surface area contributed by atoms with Crippen LogP contribution in [-0.2, 0) is 4.74 Å². The molecule has 0 fully saturated rings. The van der Waals surface area contributed by atoms with E-state index >= 15 is 0 Å². The van der Waals surface area contributed by atoms with Crippen LogP contribution < -0.4 is 5.32 Å². The Balaban J connectivity index is 2.60. The molecule has 1 aromatic rings. The maximum absolute atomic E-state index is 13.6. The van der Waals surface area contributed by atoms with E-state index in [0.717, 1.165) is 12.5 Å². The molecule has 0 aromatic heterocycles. The third kappa shape index (κ3) is 4.88. The number of benzene rings is 1. The van der Waals surface area contributed by atoms with Crippen LogP contribution in [0.1, 0.15) is 38.8 Å². The number of rotatable bonds is 7. The van der Waals surface area contributed by atoms with Crippen LogP contribution in [0.5, 0.6) is 0 Å². The quantitative estimate of drug-likeness (QED) is 0.817. The van der Waals surface area contributed by atoms with E-state index in [1.807, 2.05) is 6.92 Å². The SMILES string of the molecule is COCCC(C)(C)CNC(C)c1cccc(F)c1F. The molecular weight excluding hydrogens is 248 g/mol. The Hall–Kier alpha value is -1.00. The second kappa shape index (κ2) is 6.96. The summed E-state index contributed by atoms with van der Waals surface area (Å²) in [6, 6.07) is 4.05. The molecule has 0 aliphatic carbocycles. The highest BCUT2D eigenvalue weighted by atomic mass is 19.2. The van der Waals surface area contributed by atoms with Crippen LogP contribution in [0.3, 0.4) is 0 Å². The highest BCUT2D eigenvalue weighted by molar-refractivity contribution is 5.22. The van der Waals surface area contributed by atoms with Gasteiger partial charge in [-0.1, -0.05) is 26.0 Å². The number of halogens is 2. The smallest absolute Gasteiger partial charge is 0.163 e. The molecule has 0 saturated heterocycles. The van der Waals surface area contributed by atoms with Gasteiger partial charge in [-0.05, 0) is 24.8 Å². The van der Waals surface area contributed by atoms with Gasteiger partial charge in [-0.2, -0.15) is 0 Å². The monoisotopic (exact) mass is 271 g/mol. The van der Waals surface area contributed by atoms with Crippen molar-refractivity contribution in [3.05, 3.63) is 35.4 Å². The fourth-order valence-electron chi connectivity index (χ4n) is 1.86. The molecule has 2 nitrogen and oxygen atoms in total. The van der Waals surface area contributed by atoms with E-state index in [9.17, 15) is 8.78 Å². The molecule has 0 spiro atoms. The Bertz CT molecular complexity index is 407. The Morgan fingerprint density at radius 3 is 2.63 bits per heavy atom. The van der Waals surface area contributed by atoms with Crippen LogP contribution in [0.25, 0.3) is 0 Å². The van der Waals surface area contributed by atoms with Crippen molar-refractivity contribution < 1.29 is 13.5 Å². The molecular formula is C15H23F2NO. The van der Waals surface area contributed by atoms with Crippen LogP contribution in [0.15, 0.2) is 18.2 Å². The molecule has 0 aliphatic rings. The summed E-state index contributed by atoms with van der Waals surface area (Å²) in [5.41, 5.74) is 0.413. The standard InChI is InChI=1S/C15H23F2NO/c1-11(12-6-5-7-13(16)14(12)17)18-10-15(2,3)8-9-19-4/h5-7,11,18H,8-10H2,1-4H3. The fraction of sp³-hybridized carbons (Fsp3) is 0.600. The van der Waals surface area contributed by atoms with Crippen molar-refractivity contribution in [2.24, 2.45) is 5.41 Å². The summed E-state index contributed by atoms with van der Waals surface area (Å²) < 4.78 is 31.9. The lowest BCUT2D eigenvalue weighted by atomic mass is 9.89. The Morgan fingerprint density at radius 1 is 1.32 bits per heavy atom. The molecule has 108 valence electrons. The lowest BCUT2D eigenvalue weighted by Crippen LogP contribution is -2.32. The largest absolute Gasteiger partial charge is 0.385 e. The Morgan fingerprint density at radius 2 is 2.00 bits per heavy atom. The van der Waals surface area contributed by atoms with E-state index in [0.29, 0.717) is 18.7 Å². The minimum atomic E-state index is -0.801. The van der Waals surface area contributed by atoms with Crippen molar-refractivity contribution in [1.82, 2.24) is 5.32 Å². The lowest BCUT2D eigenvalue weighted by Gasteiger charge is -2.27. The summed E-state index contributed by atoms with van der Waals surface area (Å²) in [5, 5.41) is 3.25. The van der Waals surface area contributed by atoms with Gasteiger partial charge < -0.3 is 10.1 Å². The van der Waals surface area contributed by atoms with Crippen molar-refractivity contribution in [3.63, 3.8) is 0 Å². The molecule has 0 saturated carbocycles. The molecule has 0 amide bonds. The fourth-order valence-corrected chi connectivity index (χ4v) is 1.86. The van der Waals surface area contributed by atoms with Gasteiger partial charge in [0.1, 0.15) is 0 Å². The number of hydrogen-bond acceptors (Lipinski definition) is 2. The van der Waals surface area contributed by atoms with Gasteiger partial charge in [-0.15, -0.1) is 0 Å². The van der Waals surface area contributed by atoms with Gasteiger partial charge in [0.2, 0.25) is 0 Å². The molecule has 0 bridgehead atoms.